The average molecular weight is 399 g/mol. The fraction of sp³-hybridized carbons (Fsp3) is 0.476. The number of carbonyl (C=O) groups excluding carboxylic acids is 1. The highest BCUT2D eigenvalue weighted by Gasteiger charge is 2.30. The first-order valence-electron chi connectivity index (χ1n) is 9.95. The molecule has 0 saturated carbocycles. The molecule has 0 bridgehead atoms. The number of hydrogen-bond acceptors (Lipinski definition) is 7. The van der Waals surface area contributed by atoms with E-state index in [0.29, 0.717) is 23.3 Å². The van der Waals surface area contributed by atoms with Crippen LogP contribution in [-0.2, 0) is 4.79 Å². The molecule has 3 heterocycles. The van der Waals surface area contributed by atoms with Crippen molar-refractivity contribution in [1.29, 1.82) is 0 Å². The second-order valence-electron chi connectivity index (χ2n) is 6.93. The third-order valence-corrected chi connectivity index (χ3v) is 4.94. The number of amides is 1. The minimum Gasteiger partial charge on any atom is -0.481 e. The lowest BCUT2D eigenvalue weighted by molar-refractivity contribution is -0.115. The molecule has 1 aliphatic heterocycles. The second-order valence-corrected chi connectivity index (χ2v) is 6.93. The Morgan fingerprint density at radius 1 is 1.21 bits per heavy atom. The van der Waals surface area contributed by atoms with Gasteiger partial charge < -0.3 is 24.6 Å². The van der Waals surface area contributed by atoms with E-state index in [1.165, 1.54) is 0 Å². The molecule has 2 aromatic heterocycles. The maximum Gasteiger partial charge on any atom is 0.244 e. The van der Waals surface area contributed by atoms with E-state index in [0.717, 1.165) is 43.0 Å². The van der Waals surface area contributed by atoms with Crippen molar-refractivity contribution >= 4 is 28.8 Å². The summed E-state index contributed by atoms with van der Waals surface area (Å²) in [4.78, 5) is 25.9. The Kier molecular flexibility index (Phi) is 6.41. The number of nitrogens with one attached hydrogen (secondary N) is 1. The van der Waals surface area contributed by atoms with E-state index < -0.39 is 0 Å². The fourth-order valence-electron chi connectivity index (χ4n) is 3.48. The first-order chi connectivity index (χ1) is 14.0. The molecule has 0 atom stereocenters. The van der Waals surface area contributed by atoms with E-state index in [4.69, 9.17) is 14.5 Å². The summed E-state index contributed by atoms with van der Waals surface area (Å²) in [5.74, 6) is 1.42. The van der Waals surface area contributed by atoms with Crippen LogP contribution in [0.2, 0.25) is 0 Å². The molecule has 3 rings (SSSR count). The van der Waals surface area contributed by atoms with Gasteiger partial charge in [0.1, 0.15) is 17.9 Å². The van der Waals surface area contributed by atoms with Gasteiger partial charge in [0.15, 0.2) is 5.82 Å². The smallest absolute Gasteiger partial charge is 0.244 e. The molecular weight excluding hydrogens is 370 g/mol. The Labute approximate surface area is 171 Å². The number of unbranched alkanes of at least 4 members (excludes halogenated alkanes) is 1. The topological polar surface area (TPSA) is 79.8 Å². The SMILES string of the molecule is CCCCN(CC)c1cc(C)nc2c1NC(=O)CN2c1ccc(OC)nc1OC. The maximum absolute atomic E-state index is 12.6. The number of methoxy groups -OCH3 is 2. The van der Waals surface area contributed by atoms with Crippen molar-refractivity contribution in [1.82, 2.24) is 9.97 Å². The second kappa shape index (κ2) is 8.98. The van der Waals surface area contributed by atoms with Crippen molar-refractivity contribution in [3.8, 4) is 11.8 Å². The van der Waals surface area contributed by atoms with Crippen LogP contribution in [0.1, 0.15) is 32.4 Å². The van der Waals surface area contributed by atoms with E-state index in [-0.39, 0.29) is 12.5 Å². The molecule has 1 amide bonds. The van der Waals surface area contributed by atoms with Gasteiger partial charge in [-0.15, -0.1) is 0 Å². The molecule has 8 heteroatoms. The minimum absolute atomic E-state index is 0.103. The number of aromatic nitrogens is 2. The van der Waals surface area contributed by atoms with Crippen LogP contribution in [0.4, 0.5) is 22.9 Å². The molecule has 8 nitrogen and oxygen atoms in total. The molecule has 0 unspecified atom stereocenters. The molecule has 0 aliphatic carbocycles. The van der Waals surface area contributed by atoms with Gasteiger partial charge in [-0.25, -0.2) is 4.98 Å². The third-order valence-electron chi connectivity index (χ3n) is 4.94. The first kappa shape index (κ1) is 20.7. The standard InChI is InChI=1S/C21H29N5O3/c1-6-8-11-25(7-2)16-12-14(3)22-20-19(16)23-17(27)13-26(20)15-9-10-18(28-4)24-21(15)29-5/h9-10,12H,6-8,11,13H2,1-5H3,(H,23,27). The number of rotatable bonds is 8. The number of nitrogens with zero attached hydrogens (tertiary/aromatic N) is 4. The highest BCUT2D eigenvalue weighted by Crippen LogP contribution is 2.43. The Morgan fingerprint density at radius 2 is 2.00 bits per heavy atom. The van der Waals surface area contributed by atoms with Gasteiger partial charge in [0.2, 0.25) is 17.7 Å². The lowest BCUT2D eigenvalue weighted by Crippen LogP contribution is -2.37. The number of carbonyl (C=O) groups is 1. The zero-order valence-electron chi connectivity index (χ0n) is 17.8. The molecule has 0 fully saturated rings. The molecule has 0 saturated heterocycles. The molecule has 1 aliphatic rings. The van der Waals surface area contributed by atoms with Crippen molar-refractivity contribution < 1.29 is 14.3 Å². The van der Waals surface area contributed by atoms with Crippen LogP contribution in [0.3, 0.4) is 0 Å². The van der Waals surface area contributed by atoms with E-state index in [1.807, 2.05) is 24.0 Å². The summed E-state index contributed by atoms with van der Waals surface area (Å²) in [6.45, 7) is 8.17. The summed E-state index contributed by atoms with van der Waals surface area (Å²) < 4.78 is 10.7. The number of aryl methyl sites for hydroxylation is 1. The molecule has 0 aromatic carbocycles. The van der Waals surface area contributed by atoms with Crippen molar-refractivity contribution in [2.24, 2.45) is 0 Å². The zero-order valence-corrected chi connectivity index (χ0v) is 17.8. The van der Waals surface area contributed by atoms with E-state index in [2.05, 4.69) is 29.0 Å². The van der Waals surface area contributed by atoms with Crippen LogP contribution in [0, 0.1) is 6.92 Å². The minimum atomic E-state index is -0.103. The lowest BCUT2D eigenvalue weighted by Gasteiger charge is -2.34. The predicted molar refractivity (Wildman–Crippen MR) is 115 cm³/mol. The van der Waals surface area contributed by atoms with Gasteiger partial charge in [0.25, 0.3) is 0 Å². The molecule has 29 heavy (non-hydrogen) atoms. The fourth-order valence-corrected chi connectivity index (χ4v) is 3.48. The van der Waals surface area contributed by atoms with Gasteiger partial charge >= 0.3 is 0 Å². The van der Waals surface area contributed by atoms with Gasteiger partial charge in [-0.3, -0.25) is 4.79 Å². The van der Waals surface area contributed by atoms with Crippen molar-refractivity contribution in [2.45, 2.75) is 33.6 Å². The van der Waals surface area contributed by atoms with Crippen molar-refractivity contribution in [2.75, 3.05) is 49.0 Å². The predicted octanol–water partition coefficient (Wildman–Crippen LogP) is 3.52. The largest absolute Gasteiger partial charge is 0.481 e. The van der Waals surface area contributed by atoms with Gasteiger partial charge in [0.05, 0.1) is 19.9 Å². The van der Waals surface area contributed by atoms with E-state index in [1.54, 1.807) is 20.3 Å². The van der Waals surface area contributed by atoms with Crippen LogP contribution >= 0.6 is 0 Å². The molecule has 2 aromatic rings. The lowest BCUT2D eigenvalue weighted by atomic mass is 10.1. The van der Waals surface area contributed by atoms with Crippen molar-refractivity contribution in [3.05, 3.63) is 23.9 Å². The quantitative estimate of drug-likeness (QED) is 0.727. The molecule has 156 valence electrons. The average Bonchev–Trinajstić information content (AvgIpc) is 2.73. The Morgan fingerprint density at radius 3 is 2.66 bits per heavy atom. The van der Waals surface area contributed by atoms with Gasteiger partial charge in [0, 0.05) is 24.8 Å². The molecule has 1 N–H and O–H groups in total. The van der Waals surface area contributed by atoms with Crippen LogP contribution < -0.4 is 24.6 Å². The van der Waals surface area contributed by atoms with E-state index in [9.17, 15) is 4.79 Å². The number of pyridine rings is 2. The Balaban J connectivity index is 2.13. The highest BCUT2D eigenvalue weighted by molar-refractivity contribution is 6.06. The van der Waals surface area contributed by atoms with Crippen LogP contribution in [0.25, 0.3) is 0 Å². The number of hydrogen-bond donors (Lipinski definition) is 1. The highest BCUT2D eigenvalue weighted by atomic mass is 16.5. The maximum atomic E-state index is 12.6. The summed E-state index contributed by atoms with van der Waals surface area (Å²) in [5.41, 5.74) is 3.27. The van der Waals surface area contributed by atoms with Gasteiger partial charge in [-0.2, -0.15) is 4.98 Å². The first-order valence-corrected chi connectivity index (χ1v) is 9.95. The van der Waals surface area contributed by atoms with Crippen LogP contribution in [0.15, 0.2) is 18.2 Å². The molecule has 0 radical (unpaired) electrons. The Bertz CT molecular complexity index is 887. The van der Waals surface area contributed by atoms with Crippen molar-refractivity contribution in [3.63, 3.8) is 0 Å². The molecular formula is C21H29N5O3. The zero-order chi connectivity index (χ0) is 21.0. The van der Waals surface area contributed by atoms with Gasteiger partial charge in [-0.1, -0.05) is 13.3 Å². The van der Waals surface area contributed by atoms with Crippen LogP contribution in [0.5, 0.6) is 11.8 Å². The monoisotopic (exact) mass is 399 g/mol. The third kappa shape index (κ3) is 4.21. The summed E-state index contributed by atoms with van der Waals surface area (Å²) in [6, 6.07) is 5.62. The number of fused-ring (bicyclic) bond motifs is 1. The summed E-state index contributed by atoms with van der Waals surface area (Å²) in [6.07, 6.45) is 2.19. The number of ether oxygens (including phenoxy) is 2. The normalized spacial score (nSPS) is 13.0. The summed E-state index contributed by atoms with van der Waals surface area (Å²) in [5, 5.41) is 3.04. The Hall–Kier alpha value is -3.03. The molecule has 0 spiro atoms. The summed E-state index contributed by atoms with van der Waals surface area (Å²) >= 11 is 0. The number of anilines is 4. The van der Waals surface area contributed by atoms with Gasteiger partial charge in [-0.05, 0) is 32.4 Å². The van der Waals surface area contributed by atoms with E-state index >= 15 is 0 Å². The van der Waals surface area contributed by atoms with Crippen LogP contribution in [-0.4, -0.2) is 49.7 Å². The summed E-state index contributed by atoms with van der Waals surface area (Å²) in [7, 11) is 3.10.